The lowest BCUT2D eigenvalue weighted by molar-refractivity contribution is -0.117. The molecule has 1 amide bonds. The Hall–Kier alpha value is -0.910. The fourth-order valence-corrected chi connectivity index (χ4v) is 2.21. The number of carbonyl (C=O) groups excluding carboxylic acids is 1. The molecule has 2 rings (SSSR count). The second-order valence-corrected chi connectivity index (χ2v) is 5.25. The van der Waals surface area contributed by atoms with E-state index in [1.54, 1.807) is 0 Å². The summed E-state index contributed by atoms with van der Waals surface area (Å²) in [5.74, 6) is 0.0152. The van der Waals surface area contributed by atoms with E-state index in [4.69, 9.17) is 5.73 Å². The van der Waals surface area contributed by atoms with E-state index in [9.17, 15) is 4.79 Å². The monoisotopic (exact) mass is 297 g/mol. The van der Waals surface area contributed by atoms with Crippen LogP contribution in [-0.4, -0.2) is 36.5 Å². The molecule has 1 aromatic carbocycles. The average molecular weight is 298 g/mol. The van der Waals surface area contributed by atoms with Gasteiger partial charge in [-0.3, -0.25) is 9.69 Å². The predicted molar refractivity (Wildman–Crippen MR) is 71.8 cm³/mol. The number of likely N-dealkylation sites (tertiary alicyclic amines) is 1. The summed E-state index contributed by atoms with van der Waals surface area (Å²) in [5.41, 5.74) is 6.61. The number of benzene rings is 1. The molecular weight excluding hydrogens is 282 g/mol. The number of nitrogens with two attached hydrogens (primary N) is 1. The zero-order valence-corrected chi connectivity index (χ0v) is 11.1. The molecule has 92 valence electrons. The van der Waals surface area contributed by atoms with Gasteiger partial charge in [-0.15, -0.1) is 0 Å². The Labute approximate surface area is 109 Å². The molecule has 5 heteroatoms. The second-order valence-electron chi connectivity index (χ2n) is 4.34. The molecule has 4 nitrogen and oxygen atoms in total. The van der Waals surface area contributed by atoms with E-state index in [1.165, 1.54) is 0 Å². The van der Waals surface area contributed by atoms with E-state index >= 15 is 0 Å². The Balaban J connectivity index is 1.83. The standard InChI is InChI=1S/C12H16BrN3O/c13-9-1-3-11(4-2-9)15-12(17)8-16-6-5-10(14)7-16/h1-4,10H,5-8,14H2,(H,15,17). The Kier molecular flexibility index (Phi) is 4.15. The molecule has 1 heterocycles. The molecule has 1 fully saturated rings. The van der Waals surface area contributed by atoms with Crippen LogP contribution < -0.4 is 11.1 Å². The van der Waals surface area contributed by atoms with Crippen LogP contribution in [0, 0.1) is 0 Å². The molecule has 1 aliphatic rings. The number of nitrogens with zero attached hydrogens (tertiary/aromatic N) is 1. The number of halogens is 1. The van der Waals surface area contributed by atoms with E-state index in [1.807, 2.05) is 24.3 Å². The Bertz CT molecular complexity index is 393. The van der Waals surface area contributed by atoms with Crippen LogP contribution >= 0.6 is 15.9 Å². The molecule has 1 unspecified atom stereocenters. The minimum absolute atomic E-state index is 0.0152. The van der Waals surface area contributed by atoms with E-state index in [2.05, 4.69) is 26.1 Å². The van der Waals surface area contributed by atoms with Gasteiger partial charge in [0.15, 0.2) is 0 Å². The van der Waals surface area contributed by atoms with Crippen LogP contribution in [0.2, 0.25) is 0 Å². The van der Waals surface area contributed by atoms with Crippen LogP contribution in [0.25, 0.3) is 0 Å². The van der Waals surface area contributed by atoms with Gasteiger partial charge in [-0.25, -0.2) is 0 Å². The van der Waals surface area contributed by atoms with E-state index in [0.29, 0.717) is 6.54 Å². The van der Waals surface area contributed by atoms with Crippen molar-refractivity contribution in [2.75, 3.05) is 25.0 Å². The van der Waals surface area contributed by atoms with Crippen molar-refractivity contribution in [3.63, 3.8) is 0 Å². The first-order chi connectivity index (χ1) is 8.13. The summed E-state index contributed by atoms with van der Waals surface area (Å²) in [6.07, 6.45) is 0.978. The van der Waals surface area contributed by atoms with Gasteiger partial charge in [0.1, 0.15) is 0 Å². The molecule has 0 bridgehead atoms. The lowest BCUT2D eigenvalue weighted by atomic mass is 10.3. The largest absolute Gasteiger partial charge is 0.326 e. The molecule has 1 atom stereocenters. The highest BCUT2D eigenvalue weighted by molar-refractivity contribution is 9.10. The third-order valence-corrected chi connectivity index (χ3v) is 3.33. The van der Waals surface area contributed by atoms with Gasteiger partial charge in [0.05, 0.1) is 6.54 Å². The molecule has 0 aliphatic carbocycles. The number of carbonyl (C=O) groups is 1. The van der Waals surface area contributed by atoms with Crippen LogP contribution in [0.5, 0.6) is 0 Å². The number of anilines is 1. The van der Waals surface area contributed by atoms with Crippen molar-refractivity contribution in [1.82, 2.24) is 4.90 Å². The normalized spacial score (nSPS) is 20.5. The molecule has 0 aromatic heterocycles. The Morgan fingerprint density at radius 2 is 2.18 bits per heavy atom. The maximum Gasteiger partial charge on any atom is 0.238 e. The zero-order valence-electron chi connectivity index (χ0n) is 9.53. The highest BCUT2D eigenvalue weighted by Gasteiger charge is 2.20. The summed E-state index contributed by atoms with van der Waals surface area (Å²) in [7, 11) is 0. The van der Waals surface area contributed by atoms with E-state index in [-0.39, 0.29) is 11.9 Å². The zero-order chi connectivity index (χ0) is 12.3. The number of amides is 1. The van der Waals surface area contributed by atoms with Crippen LogP contribution in [0.1, 0.15) is 6.42 Å². The molecule has 17 heavy (non-hydrogen) atoms. The minimum Gasteiger partial charge on any atom is -0.326 e. The van der Waals surface area contributed by atoms with Crippen LogP contribution in [0.3, 0.4) is 0 Å². The Morgan fingerprint density at radius 1 is 1.47 bits per heavy atom. The lowest BCUT2D eigenvalue weighted by Crippen LogP contribution is -2.33. The molecule has 0 spiro atoms. The average Bonchev–Trinajstić information content (AvgIpc) is 2.67. The highest BCUT2D eigenvalue weighted by Crippen LogP contribution is 2.14. The molecule has 0 saturated carbocycles. The topological polar surface area (TPSA) is 58.4 Å². The van der Waals surface area contributed by atoms with Crippen molar-refractivity contribution in [3.05, 3.63) is 28.7 Å². The summed E-state index contributed by atoms with van der Waals surface area (Å²) >= 11 is 3.35. The fraction of sp³-hybridized carbons (Fsp3) is 0.417. The molecule has 1 aliphatic heterocycles. The van der Waals surface area contributed by atoms with Gasteiger partial charge in [-0.05, 0) is 30.7 Å². The van der Waals surface area contributed by atoms with Gasteiger partial charge in [-0.2, -0.15) is 0 Å². The van der Waals surface area contributed by atoms with Gasteiger partial charge >= 0.3 is 0 Å². The van der Waals surface area contributed by atoms with E-state index in [0.717, 1.165) is 29.7 Å². The smallest absolute Gasteiger partial charge is 0.238 e. The quantitative estimate of drug-likeness (QED) is 0.887. The molecule has 3 N–H and O–H groups in total. The molecular formula is C12H16BrN3O. The van der Waals surface area contributed by atoms with Crippen molar-refractivity contribution in [1.29, 1.82) is 0 Å². The van der Waals surface area contributed by atoms with Gasteiger partial charge in [0.2, 0.25) is 5.91 Å². The van der Waals surface area contributed by atoms with Gasteiger partial charge < -0.3 is 11.1 Å². The first kappa shape index (κ1) is 12.5. The fourth-order valence-electron chi connectivity index (χ4n) is 1.94. The second kappa shape index (κ2) is 5.62. The molecule has 1 saturated heterocycles. The number of rotatable bonds is 3. The van der Waals surface area contributed by atoms with Crippen LogP contribution in [0.15, 0.2) is 28.7 Å². The predicted octanol–water partition coefficient (Wildman–Crippen LogP) is 1.42. The van der Waals surface area contributed by atoms with Crippen LogP contribution in [0.4, 0.5) is 5.69 Å². The maximum atomic E-state index is 11.8. The summed E-state index contributed by atoms with van der Waals surface area (Å²) in [4.78, 5) is 13.8. The lowest BCUT2D eigenvalue weighted by Gasteiger charge is -2.14. The third-order valence-electron chi connectivity index (χ3n) is 2.80. The minimum atomic E-state index is 0.0152. The number of hydrogen-bond acceptors (Lipinski definition) is 3. The molecule has 0 radical (unpaired) electrons. The van der Waals surface area contributed by atoms with Crippen molar-refractivity contribution >= 4 is 27.5 Å². The van der Waals surface area contributed by atoms with Gasteiger partial charge in [0.25, 0.3) is 0 Å². The van der Waals surface area contributed by atoms with Gasteiger partial charge in [0, 0.05) is 29.3 Å². The summed E-state index contributed by atoms with van der Waals surface area (Å²) < 4.78 is 1.00. The van der Waals surface area contributed by atoms with Crippen LogP contribution in [-0.2, 0) is 4.79 Å². The number of nitrogens with one attached hydrogen (secondary N) is 1. The maximum absolute atomic E-state index is 11.8. The van der Waals surface area contributed by atoms with E-state index < -0.39 is 0 Å². The highest BCUT2D eigenvalue weighted by atomic mass is 79.9. The summed E-state index contributed by atoms with van der Waals surface area (Å²) in [6.45, 7) is 2.15. The molecule has 1 aromatic rings. The summed E-state index contributed by atoms with van der Waals surface area (Å²) in [5, 5.41) is 2.87. The third kappa shape index (κ3) is 3.80. The van der Waals surface area contributed by atoms with Gasteiger partial charge in [-0.1, -0.05) is 15.9 Å². The van der Waals surface area contributed by atoms with Crippen molar-refractivity contribution in [3.8, 4) is 0 Å². The first-order valence-electron chi connectivity index (χ1n) is 5.67. The Morgan fingerprint density at radius 3 is 2.76 bits per heavy atom. The van der Waals surface area contributed by atoms with Crippen molar-refractivity contribution < 1.29 is 4.79 Å². The first-order valence-corrected chi connectivity index (χ1v) is 6.46. The summed E-state index contributed by atoms with van der Waals surface area (Å²) in [6, 6.07) is 7.77. The van der Waals surface area contributed by atoms with Crippen molar-refractivity contribution in [2.45, 2.75) is 12.5 Å². The van der Waals surface area contributed by atoms with Crippen molar-refractivity contribution in [2.24, 2.45) is 5.73 Å². The SMILES string of the molecule is NC1CCN(CC(=O)Nc2ccc(Br)cc2)C1. The number of hydrogen-bond donors (Lipinski definition) is 2.